The molecule has 0 spiro atoms. The molecule has 4 rings (SSSR count). The number of allylic oxidation sites excluding steroid dienone is 1. The molecule has 43 heavy (non-hydrogen) atoms. The van der Waals surface area contributed by atoms with Gasteiger partial charge in [0.1, 0.15) is 23.2 Å². The van der Waals surface area contributed by atoms with E-state index >= 15 is 0 Å². The van der Waals surface area contributed by atoms with E-state index in [0.717, 1.165) is 19.3 Å². The molecule has 242 valence electrons. The van der Waals surface area contributed by atoms with Crippen molar-refractivity contribution in [1.29, 1.82) is 0 Å². The first kappa shape index (κ1) is 33.2. The van der Waals surface area contributed by atoms with Crippen molar-refractivity contribution >= 4 is 34.0 Å². The summed E-state index contributed by atoms with van der Waals surface area (Å²) >= 11 is 0. The van der Waals surface area contributed by atoms with Crippen LogP contribution in [0.2, 0.25) is 0 Å². The van der Waals surface area contributed by atoms with Crippen molar-refractivity contribution in [3.8, 4) is 0 Å². The lowest BCUT2D eigenvalue weighted by atomic mass is 10.0. The van der Waals surface area contributed by atoms with Crippen LogP contribution in [0.4, 0.5) is 4.79 Å². The minimum Gasteiger partial charge on any atom is -0.444 e. The minimum atomic E-state index is -4.17. The Morgan fingerprint density at radius 3 is 2.53 bits per heavy atom. The van der Waals surface area contributed by atoms with E-state index in [1.807, 2.05) is 12.2 Å². The van der Waals surface area contributed by atoms with Crippen LogP contribution in [-0.4, -0.2) is 97.5 Å². The van der Waals surface area contributed by atoms with Crippen LogP contribution in [0.1, 0.15) is 85.0 Å². The van der Waals surface area contributed by atoms with Gasteiger partial charge in [0.15, 0.2) is 0 Å². The van der Waals surface area contributed by atoms with E-state index in [4.69, 9.17) is 9.47 Å². The van der Waals surface area contributed by atoms with Gasteiger partial charge in [0.05, 0.1) is 6.61 Å². The molecule has 14 heteroatoms. The Bertz CT molecular complexity index is 1200. The Labute approximate surface area is 254 Å². The summed E-state index contributed by atoms with van der Waals surface area (Å²) in [4.78, 5) is 55.1. The Morgan fingerprint density at radius 2 is 1.81 bits per heavy atom. The number of nitrogens with one attached hydrogen (secondary N) is 3. The molecule has 0 aromatic rings. The van der Waals surface area contributed by atoms with E-state index in [-0.39, 0.29) is 37.4 Å². The number of alkyl carbamates (subject to hydrolysis) is 1. The molecule has 0 aromatic heterocycles. The molecule has 1 saturated carbocycles. The highest BCUT2D eigenvalue weighted by Gasteiger charge is 2.61. The first-order valence-electron chi connectivity index (χ1n) is 15.4. The number of amides is 4. The molecule has 3 N–H and O–H groups in total. The van der Waals surface area contributed by atoms with E-state index in [1.165, 1.54) is 16.3 Å². The summed E-state index contributed by atoms with van der Waals surface area (Å²) in [7, 11) is -2.67. The first-order valence-corrected chi connectivity index (χ1v) is 16.8. The van der Waals surface area contributed by atoms with Gasteiger partial charge in [-0.05, 0) is 72.1 Å². The summed E-state index contributed by atoms with van der Waals surface area (Å²) in [5.74, 6) is -2.05. The Kier molecular flexibility index (Phi) is 10.4. The molecular weight excluding hydrogens is 578 g/mol. The summed E-state index contributed by atoms with van der Waals surface area (Å²) in [6.45, 7) is 6.05. The number of carbonyl (C=O) groups is 4. The van der Waals surface area contributed by atoms with Gasteiger partial charge in [-0.15, -0.1) is 0 Å². The molecule has 0 unspecified atom stereocenters. The summed E-state index contributed by atoms with van der Waals surface area (Å²) in [6.07, 6.45) is 9.11. The van der Waals surface area contributed by atoms with E-state index in [9.17, 15) is 27.6 Å². The van der Waals surface area contributed by atoms with Gasteiger partial charge in [-0.25, -0.2) is 9.52 Å². The standard InChI is InChI=1S/C29H47N5O8S/c1-28(2,3)42-27(38)30-22-14-9-7-5-6-8-12-20-18-29(20,31-24(35)23-15-11-16-33(23)25(22)36)26(37)32-43(39,40)34-17-10-13-21(34)19-41-4/h8,12,20-23H,5-7,9-11,13-19H2,1-4H3,(H,30,38)(H,31,35)(H,32,37)/b12-8-/t20-,21+,22-,23-,29+/m0/s1. The molecule has 5 atom stereocenters. The number of carbonyl (C=O) groups excluding carboxylic acids is 4. The van der Waals surface area contributed by atoms with Crippen LogP contribution < -0.4 is 15.4 Å². The summed E-state index contributed by atoms with van der Waals surface area (Å²) in [6, 6.07) is -2.08. The smallest absolute Gasteiger partial charge is 0.408 e. The molecule has 3 aliphatic heterocycles. The average molecular weight is 626 g/mol. The van der Waals surface area contributed by atoms with Crippen LogP contribution in [0.15, 0.2) is 12.2 Å². The summed E-state index contributed by atoms with van der Waals surface area (Å²) < 4.78 is 40.6. The molecule has 3 fully saturated rings. The molecule has 4 aliphatic rings. The zero-order valence-corrected chi connectivity index (χ0v) is 26.5. The maximum atomic E-state index is 13.7. The van der Waals surface area contributed by atoms with E-state index in [1.54, 1.807) is 20.8 Å². The number of nitrogens with zero attached hydrogens (tertiary/aromatic N) is 2. The molecular formula is C29H47N5O8S. The molecule has 0 radical (unpaired) electrons. The molecule has 3 heterocycles. The largest absolute Gasteiger partial charge is 0.444 e. The maximum Gasteiger partial charge on any atom is 0.408 e. The minimum absolute atomic E-state index is 0.220. The van der Waals surface area contributed by atoms with Crippen molar-refractivity contribution < 1.29 is 37.1 Å². The van der Waals surface area contributed by atoms with Crippen LogP contribution in [0, 0.1) is 5.92 Å². The fourth-order valence-corrected chi connectivity index (χ4v) is 7.76. The lowest BCUT2D eigenvalue weighted by Gasteiger charge is -2.31. The van der Waals surface area contributed by atoms with E-state index in [2.05, 4.69) is 15.4 Å². The van der Waals surface area contributed by atoms with Gasteiger partial charge in [0, 0.05) is 32.2 Å². The summed E-state index contributed by atoms with van der Waals surface area (Å²) in [5.41, 5.74) is -2.18. The number of methoxy groups -OCH3 is 1. The quantitative estimate of drug-likeness (QED) is 0.376. The van der Waals surface area contributed by atoms with Crippen molar-refractivity contribution in [2.45, 2.75) is 114 Å². The van der Waals surface area contributed by atoms with Crippen molar-refractivity contribution in [2.75, 3.05) is 26.8 Å². The average Bonchev–Trinajstić information content (AvgIpc) is 3.23. The number of ether oxygens (including phenoxy) is 2. The highest BCUT2D eigenvalue weighted by Crippen LogP contribution is 2.46. The van der Waals surface area contributed by atoms with E-state index in [0.29, 0.717) is 45.1 Å². The maximum absolute atomic E-state index is 13.7. The van der Waals surface area contributed by atoms with Gasteiger partial charge >= 0.3 is 16.3 Å². The first-order chi connectivity index (χ1) is 20.3. The van der Waals surface area contributed by atoms with Crippen LogP contribution in [0.25, 0.3) is 0 Å². The topological polar surface area (TPSA) is 163 Å². The van der Waals surface area contributed by atoms with Gasteiger partial charge in [0.2, 0.25) is 11.8 Å². The van der Waals surface area contributed by atoms with Crippen molar-refractivity contribution in [2.24, 2.45) is 5.92 Å². The van der Waals surface area contributed by atoms with E-state index < -0.39 is 51.3 Å². The molecule has 0 aromatic carbocycles. The third-order valence-electron chi connectivity index (χ3n) is 8.54. The Hall–Kier alpha value is -2.71. The van der Waals surface area contributed by atoms with Crippen LogP contribution in [0.5, 0.6) is 0 Å². The van der Waals surface area contributed by atoms with Crippen LogP contribution >= 0.6 is 0 Å². The zero-order valence-electron chi connectivity index (χ0n) is 25.7. The monoisotopic (exact) mass is 625 g/mol. The number of fused-ring (bicyclic) bond motifs is 2. The van der Waals surface area contributed by atoms with Gasteiger partial charge < -0.3 is 25.0 Å². The van der Waals surface area contributed by atoms with Gasteiger partial charge in [0.25, 0.3) is 5.91 Å². The van der Waals surface area contributed by atoms with Crippen molar-refractivity contribution in [3.05, 3.63) is 12.2 Å². The fraction of sp³-hybridized carbons (Fsp3) is 0.793. The predicted molar refractivity (Wildman–Crippen MR) is 158 cm³/mol. The molecule has 13 nitrogen and oxygen atoms in total. The third-order valence-corrected chi connectivity index (χ3v) is 10.1. The molecule has 1 aliphatic carbocycles. The number of hydrogen-bond acceptors (Lipinski definition) is 8. The third kappa shape index (κ3) is 8.07. The van der Waals surface area contributed by atoms with Crippen molar-refractivity contribution in [1.82, 2.24) is 24.6 Å². The zero-order chi connectivity index (χ0) is 31.4. The Morgan fingerprint density at radius 1 is 1.07 bits per heavy atom. The lowest BCUT2D eigenvalue weighted by molar-refractivity contribution is -0.141. The Balaban J connectivity index is 1.54. The second-order valence-electron chi connectivity index (χ2n) is 13.0. The highest BCUT2D eigenvalue weighted by atomic mass is 32.2. The van der Waals surface area contributed by atoms with Crippen molar-refractivity contribution in [3.63, 3.8) is 0 Å². The highest BCUT2D eigenvalue weighted by molar-refractivity contribution is 7.87. The van der Waals surface area contributed by atoms with Gasteiger partial charge in [-0.3, -0.25) is 14.4 Å². The normalized spacial score (nSPS) is 31.6. The molecule has 0 bridgehead atoms. The predicted octanol–water partition coefficient (Wildman–Crippen LogP) is 1.74. The van der Waals surface area contributed by atoms with Crippen LogP contribution in [0.3, 0.4) is 0 Å². The molecule has 2 saturated heterocycles. The molecule has 4 amide bonds. The van der Waals surface area contributed by atoms with Crippen LogP contribution in [-0.2, 0) is 34.1 Å². The van der Waals surface area contributed by atoms with Gasteiger partial charge in [-0.1, -0.05) is 25.0 Å². The van der Waals surface area contributed by atoms with Gasteiger partial charge in [-0.2, -0.15) is 12.7 Å². The SMILES string of the molecule is COC[C@H]1CCCN1S(=O)(=O)NC(=O)[C@@]12C[C@@H]1/C=C\CCCCC[C@H](NC(=O)OC(C)(C)C)C(=O)N1CCC[C@H]1C(=O)N2. The fourth-order valence-electron chi connectivity index (χ4n) is 6.29. The lowest BCUT2D eigenvalue weighted by Crippen LogP contribution is -2.59. The number of hydrogen-bond donors (Lipinski definition) is 3. The second kappa shape index (κ2) is 13.5. The number of rotatable bonds is 6. The summed E-state index contributed by atoms with van der Waals surface area (Å²) in [5, 5.41) is 5.56. The second-order valence-corrected chi connectivity index (χ2v) is 14.6.